The summed E-state index contributed by atoms with van der Waals surface area (Å²) in [6.07, 6.45) is 0.735. The van der Waals surface area contributed by atoms with Gasteiger partial charge in [-0.15, -0.1) is 4.91 Å². The molecule has 0 radical (unpaired) electrons. The van der Waals surface area contributed by atoms with E-state index in [0.717, 1.165) is 11.4 Å². The predicted octanol–water partition coefficient (Wildman–Crippen LogP) is 1.17. The van der Waals surface area contributed by atoms with E-state index in [2.05, 4.69) is 5.29 Å². The van der Waals surface area contributed by atoms with E-state index in [9.17, 15) is 9.70 Å². The fraction of sp³-hybridized carbons (Fsp3) is 0.833. The number of hydrogen-bond acceptors (Lipinski definition) is 3. The van der Waals surface area contributed by atoms with Crippen molar-refractivity contribution in [3.63, 3.8) is 0 Å². The molecule has 4 heteroatoms. The van der Waals surface area contributed by atoms with Crippen LogP contribution < -0.4 is 0 Å². The fourth-order valence-corrected chi connectivity index (χ4v) is 0.534. The minimum Gasteiger partial charge on any atom is -0.273 e. The van der Waals surface area contributed by atoms with Gasteiger partial charge in [-0.05, 0) is 6.42 Å². The number of carbonyl (C=O) groups excluding carboxylic acids is 1. The third-order valence-electron chi connectivity index (χ3n) is 1.48. The van der Waals surface area contributed by atoms with Crippen LogP contribution in [0, 0.1) is 10.8 Å². The molecule has 0 aliphatic carbocycles. The molecule has 0 fully saturated rings. The molecule has 0 aliphatic heterocycles. The number of rotatable bonds is 3. The Hall–Kier alpha value is -0.930. The van der Waals surface area contributed by atoms with E-state index >= 15 is 0 Å². The van der Waals surface area contributed by atoms with Crippen LogP contribution in [0.4, 0.5) is 0 Å². The lowest BCUT2D eigenvalue weighted by Crippen LogP contribution is -2.26. The second-order valence-electron chi connectivity index (χ2n) is 2.25. The molecule has 0 aromatic carbocycles. The molecule has 0 saturated heterocycles. The Balaban J connectivity index is 3.93. The molecular formula is C6H12N2O2. The third kappa shape index (κ3) is 2.13. The van der Waals surface area contributed by atoms with Gasteiger partial charge in [0.25, 0.3) is 0 Å². The summed E-state index contributed by atoms with van der Waals surface area (Å²) in [5.74, 6) is -0.333. The lowest BCUT2D eigenvalue weighted by Gasteiger charge is -2.10. The van der Waals surface area contributed by atoms with Crippen LogP contribution in [0.5, 0.6) is 0 Å². The van der Waals surface area contributed by atoms with Crippen LogP contribution in [-0.4, -0.2) is 18.0 Å². The highest BCUT2D eigenvalue weighted by molar-refractivity contribution is 5.77. The van der Waals surface area contributed by atoms with Crippen LogP contribution >= 0.6 is 0 Å². The standard InChI is InChI=1S/C6H12N2O2/c1-4-5(2)6(9)8(3)7-10/h5H,4H2,1-3H3/t5-/m1/s1. The number of carbonyl (C=O) groups is 1. The van der Waals surface area contributed by atoms with Crippen molar-refractivity contribution in [1.29, 1.82) is 0 Å². The quantitative estimate of drug-likeness (QED) is 0.441. The lowest BCUT2D eigenvalue weighted by molar-refractivity contribution is -0.133. The van der Waals surface area contributed by atoms with Crippen LogP contribution in [0.1, 0.15) is 20.3 Å². The zero-order chi connectivity index (χ0) is 8.15. The molecule has 0 rings (SSSR count). The van der Waals surface area contributed by atoms with Gasteiger partial charge in [-0.25, -0.2) is 0 Å². The molecule has 1 amide bonds. The van der Waals surface area contributed by atoms with Crippen LogP contribution in [0.2, 0.25) is 0 Å². The molecule has 0 spiro atoms. The molecule has 0 heterocycles. The Bertz CT molecular complexity index is 136. The van der Waals surface area contributed by atoms with Crippen LogP contribution in [-0.2, 0) is 4.79 Å². The largest absolute Gasteiger partial charge is 0.273 e. The average molecular weight is 144 g/mol. The Labute approximate surface area is 60.2 Å². The molecule has 0 aliphatic rings. The molecule has 4 nitrogen and oxygen atoms in total. The van der Waals surface area contributed by atoms with Gasteiger partial charge in [0.15, 0.2) is 0 Å². The van der Waals surface area contributed by atoms with Crippen molar-refractivity contribution in [2.75, 3.05) is 7.05 Å². The molecule has 1 atom stereocenters. The van der Waals surface area contributed by atoms with Crippen molar-refractivity contribution in [1.82, 2.24) is 5.01 Å². The first-order valence-corrected chi connectivity index (χ1v) is 3.24. The maximum atomic E-state index is 10.9. The first kappa shape index (κ1) is 9.07. The van der Waals surface area contributed by atoms with E-state index in [0.29, 0.717) is 0 Å². The zero-order valence-electron chi connectivity index (χ0n) is 6.50. The number of amides is 1. The minimum atomic E-state index is -0.225. The molecule has 0 aromatic rings. The topological polar surface area (TPSA) is 49.7 Å². The summed E-state index contributed by atoms with van der Waals surface area (Å²) in [5, 5.41) is 3.32. The van der Waals surface area contributed by atoms with Gasteiger partial charge in [-0.3, -0.25) is 4.79 Å². The second-order valence-corrected chi connectivity index (χ2v) is 2.25. The molecule has 0 unspecified atom stereocenters. The van der Waals surface area contributed by atoms with Gasteiger partial charge in [0.1, 0.15) is 0 Å². The second kappa shape index (κ2) is 3.98. The molecule has 10 heavy (non-hydrogen) atoms. The van der Waals surface area contributed by atoms with E-state index in [-0.39, 0.29) is 11.8 Å². The molecule has 0 saturated carbocycles. The maximum Gasteiger partial charge on any atom is 0.247 e. The number of nitrogens with zero attached hydrogens (tertiary/aromatic N) is 2. The Morgan fingerprint density at radius 1 is 1.70 bits per heavy atom. The summed E-state index contributed by atoms with van der Waals surface area (Å²) >= 11 is 0. The predicted molar refractivity (Wildman–Crippen MR) is 38.0 cm³/mol. The summed E-state index contributed by atoms with van der Waals surface area (Å²) in [6.45, 7) is 3.66. The van der Waals surface area contributed by atoms with Crippen LogP contribution in [0.15, 0.2) is 5.29 Å². The van der Waals surface area contributed by atoms with E-state index in [4.69, 9.17) is 0 Å². The average Bonchev–Trinajstić information content (AvgIpc) is 2.00. The summed E-state index contributed by atoms with van der Waals surface area (Å²) in [7, 11) is 1.36. The molecule has 58 valence electrons. The monoisotopic (exact) mass is 144 g/mol. The van der Waals surface area contributed by atoms with Crippen molar-refractivity contribution in [3.05, 3.63) is 4.91 Å². The lowest BCUT2D eigenvalue weighted by atomic mass is 10.1. The van der Waals surface area contributed by atoms with E-state index in [1.165, 1.54) is 7.05 Å². The fourth-order valence-electron chi connectivity index (χ4n) is 0.534. The van der Waals surface area contributed by atoms with Gasteiger partial charge < -0.3 is 0 Å². The van der Waals surface area contributed by atoms with Crippen molar-refractivity contribution in [3.8, 4) is 0 Å². The summed E-state index contributed by atoms with van der Waals surface area (Å²) in [6, 6.07) is 0. The minimum absolute atomic E-state index is 0.109. The highest BCUT2D eigenvalue weighted by atomic mass is 16.3. The molecule has 0 aromatic heterocycles. The zero-order valence-corrected chi connectivity index (χ0v) is 6.50. The van der Waals surface area contributed by atoms with Crippen molar-refractivity contribution >= 4 is 5.91 Å². The third-order valence-corrected chi connectivity index (χ3v) is 1.48. The first-order valence-electron chi connectivity index (χ1n) is 3.24. The highest BCUT2D eigenvalue weighted by Gasteiger charge is 2.15. The number of nitroso groups, excluding NO2 is 1. The Kier molecular flexibility index (Phi) is 3.61. The van der Waals surface area contributed by atoms with Gasteiger partial charge in [-0.1, -0.05) is 13.8 Å². The van der Waals surface area contributed by atoms with Gasteiger partial charge in [-0.2, -0.15) is 5.01 Å². The van der Waals surface area contributed by atoms with Crippen molar-refractivity contribution in [2.45, 2.75) is 20.3 Å². The smallest absolute Gasteiger partial charge is 0.247 e. The summed E-state index contributed by atoms with van der Waals surface area (Å²) in [4.78, 5) is 20.8. The van der Waals surface area contributed by atoms with Gasteiger partial charge in [0, 0.05) is 13.0 Å². The molecule has 0 N–H and O–H groups in total. The number of hydrogen-bond donors (Lipinski definition) is 0. The van der Waals surface area contributed by atoms with Gasteiger partial charge in [0.05, 0.1) is 5.29 Å². The van der Waals surface area contributed by atoms with E-state index in [1.807, 2.05) is 6.92 Å². The molecule has 0 bridgehead atoms. The Morgan fingerprint density at radius 3 is 2.50 bits per heavy atom. The molecular weight excluding hydrogens is 132 g/mol. The van der Waals surface area contributed by atoms with Crippen molar-refractivity contribution in [2.24, 2.45) is 11.2 Å². The van der Waals surface area contributed by atoms with Crippen molar-refractivity contribution < 1.29 is 4.79 Å². The van der Waals surface area contributed by atoms with Crippen LogP contribution in [0.3, 0.4) is 0 Å². The summed E-state index contributed by atoms with van der Waals surface area (Å²) in [5.41, 5.74) is 0. The summed E-state index contributed by atoms with van der Waals surface area (Å²) < 4.78 is 0. The normalized spacial score (nSPS) is 12.3. The maximum absolute atomic E-state index is 10.9. The van der Waals surface area contributed by atoms with Crippen LogP contribution in [0.25, 0.3) is 0 Å². The SMILES string of the molecule is CC[C@@H](C)C(=O)N(C)N=O. The Morgan fingerprint density at radius 2 is 2.20 bits per heavy atom. The highest BCUT2D eigenvalue weighted by Crippen LogP contribution is 2.04. The first-order chi connectivity index (χ1) is 4.63. The van der Waals surface area contributed by atoms with E-state index in [1.54, 1.807) is 6.92 Å². The van der Waals surface area contributed by atoms with Gasteiger partial charge in [0.2, 0.25) is 5.91 Å². The van der Waals surface area contributed by atoms with Gasteiger partial charge >= 0.3 is 0 Å². The van der Waals surface area contributed by atoms with E-state index < -0.39 is 0 Å².